The van der Waals surface area contributed by atoms with Crippen LogP contribution in [0.1, 0.15) is 36.5 Å². The van der Waals surface area contributed by atoms with Crippen LogP contribution in [0, 0.1) is 0 Å². The largest absolute Gasteiger partial charge is 0.482 e. The molecule has 0 saturated carbocycles. The van der Waals surface area contributed by atoms with E-state index in [4.69, 9.17) is 4.74 Å². The molecule has 0 radical (unpaired) electrons. The third-order valence-electron chi connectivity index (χ3n) is 6.30. The number of piperidine rings is 1. The normalized spacial score (nSPS) is 17.4. The maximum absolute atomic E-state index is 6.64. The lowest BCUT2D eigenvalue weighted by atomic mass is 9.82. The molecule has 2 nitrogen and oxygen atoms in total. The average molecular weight is 382 g/mol. The van der Waals surface area contributed by atoms with E-state index >= 15 is 0 Å². The van der Waals surface area contributed by atoms with Gasteiger partial charge in [0.15, 0.2) is 0 Å². The Balaban J connectivity index is 1.48. The number of hydrogen-bond donors (Lipinski definition) is 0. The van der Waals surface area contributed by atoms with Gasteiger partial charge in [0, 0.05) is 37.2 Å². The van der Waals surface area contributed by atoms with Crippen molar-refractivity contribution in [3.8, 4) is 5.75 Å². The fourth-order valence-electron chi connectivity index (χ4n) is 4.55. The van der Waals surface area contributed by atoms with Crippen molar-refractivity contribution < 1.29 is 4.74 Å². The Kier molecular flexibility index (Phi) is 4.63. The van der Waals surface area contributed by atoms with Gasteiger partial charge in [-0.3, -0.25) is 0 Å². The first kappa shape index (κ1) is 18.1. The van der Waals surface area contributed by atoms with Crippen molar-refractivity contribution in [2.24, 2.45) is 0 Å². The highest BCUT2D eigenvalue weighted by atomic mass is 16.5. The molecule has 0 amide bonds. The van der Waals surface area contributed by atoms with Crippen LogP contribution in [0.3, 0.4) is 0 Å². The zero-order valence-corrected chi connectivity index (χ0v) is 17.0. The van der Waals surface area contributed by atoms with E-state index in [1.807, 2.05) is 0 Å². The summed E-state index contributed by atoms with van der Waals surface area (Å²) in [6, 6.07) is 28.2. The van der Waals surface area contributed by atoms with Gasteiger partial charge < -0.3 is 9.64 Å². The van der Waals surface area contributed by atoms with Gasteiger partial charge in [0.2, 0.25) is 0 Å². The first-order valence-corrected chi connectivity index (χ1v) is 10.7. The van der Waals surface area contributed by atoms with Gasteiger partial charge in [0.1, 0.15) is 11.4 Å². The van der Waals surface area contributed by atoms with Gasteiger partial charge in [-0.05, 0) is 47.4 Å². The molecular weight excluding hydrogens is 354 g/mol. The Morgan fingerprint density at radius 2 is 1.52 bits per heavy atom. The molecule has 0 atom stereocenters. The first-order chi connectivity index (χ1) is 14.3. The SMILES string of the molecule is CCc1ccc(C2=CC3(CCN(c4ccccc4)CC3)Oc3ccccc32)cc1. The van der Waals surface area contributed by atoms with Crippen LogP contribution < -0.4 is 9.64 Å². The van der Waals surface area contributed by atoms with E-state index in [0.717, 1.165) is 38.1 Å². The molecular formula is C27H27NO. The molecule has 2 aliphatic heterocycles. The summed E-state index contributed by atoms with van der Waals surface area (Å²) in [6.07, 6.45) is 5.45. The van der Waals surface area contributed by atoms with E-state index in [-0.39, 0.29) is 5.60 Å². The van der Waals surface area contributed by atoms with Crippen molar-refractivity contribution in [2.75, 3.05) is 18.0 Å². The summed E-state index contributed by atoms with van der Waals surface area (Å²) in [5, 5.41) is 0. The number of anilines is 1. The summed E-state index contributed by atoms with van der Waals surface area (Å²) >= 11 is 0. The second kappa shape index (κ2) is 7.44. The summed E-state index contributed by atoms with van der Waals surface area (Å²) in [6.45, 7) is 4.21. The smallest absolute Gasteiger partial charge is 0.131 e. The van der Waals surface area contributed by atoms with Crippen molar-refractivity contribution in [1.29, 1.82) is 0 Å². The summed E-state index contributed by atoms with van der Waals surface area (Å²) in [5.74, 6) is 1.01. The van der Waals surface area contributed by atoms with Crippen LogP contribution in [0.2, 0.25) is 0 Å². The summed E-state index contributed by atoms with van der Waals surface area (Å²) in [5.41, 5.74) is 6.25. The molecule has 29 heavy (non-hydrogen) atoms. The molecule has 0 aromatic heterocycles. The Bertz CT molecular complexity index is 1010. The zero-order valence-electron chi connectivity index (χ0n) is 17.0. The Labute approximate surface area is 173 Å². The highest BCUT2D eigenvalue weighted by molar-refractivity contribution is 5.85. The predicted octanol–water partition coefficient (Wildman–Crippen LogP) is 6.11. The van der Waals surface area contributed by atoms with Crippen LogP contribution >= 0.6 is 0 Å². The van der Waals surface area contributed by atoms with Crippen LogP contribution in [-0.2, 0) is 6.42 Å². The summed E-state index contributed by atoms with van der Waals surface area (Å²) in [4.78, 5) is 2.47. The molecule has 1 saturated heterocycles. The molecule has 0 unspecified atom stereocenters. The van der Waals surface area contributed by atoms with E-state index in [9.17, 15) is 0 Å². The fourth-order valence-corrected chi connectivity index (χ4v) is 4.55. The lowest BCUT2D eigenvalue weighted by Gasteiger charge is -2.43. The Morgan fingerprint density at radius 3 is 2.24 bits per heavy atom. The average Bonchev–Trinajstić information content (AvgIpc) is 2.80. The number of hydrogen-bond acceptors (Lipinski definition) is 2. The highest BCUT2D eigenvalue weighted by Crippen LogP contribution is 2.43. The molecule has 3 aromatic rings. The molecule has 146 valence electrons. The standard InChI is InChI=1S/C27H27NO/c1-2-21-12-14-22(15-13-21)25-20-27(29-26-11-7-6-10-24(25)26)16-18-28(19-17-27)23-8-4-3-5-9-23/h3-15,20H,2,16-19H2,1H3. The van der Waals surface area contributed by atoms with Crippen molar-refractivity contribution >= 4 is 11.3 Å². The minimum Gasteiger partial charge on any atom is -0.482 e. The van der Waals surface area contributed by atoms with Gasteiger partial charge in [-0.25, -0.2) is 0 Å². The lowest BCUT2D eigenvalue weighted by Crippen LogP contribution is -2.48. The number of aryl methyl sites for hydroxylation is 1. The molecule has 0 N–H and O–H groups in total. The molecule has 0 bridgehead atoms. The van der Waals surface area contributed by atoms with Crippen LogP contribution in [0.5, 0.6) is 5.75 Å². The Hall–Kier alpha value is -3.00. The second-order valence-corrected chi connectivity index (χ2v) is 8.09. The number of ether oxygens (including phenoxy) is 1. The first-order valence-electron chi connectivity index (χ1n) is 10.7. The number of benzene rings is 3. The molecule has 1 spiro atoms. The quantitative estimate of drug-likeness (QED) is 0.542. The van der Waals surface area contributed by atoms with Crippen molar-refractivity contribution in [3.63, 3.8) is 0 Å². The van der Waals surface area contributed by atoms with Crippen LogP contribution in [0.15, 0.2) is 84.9 Å². The maximum Gasteiger partial charge on any atom is 0.131 e. The maximum atomic E-state index is 6.64. The number of rotatable bonds is 3. The number of nitrogens with zero attached hydrogens (tertiary/aromatic N) is 1. The third kappa shape index (κ3) is 3.44. The van der Waals surface area contributed by atoms with Gasteiger partial charge >= 0.3 is 0 Å². The lowest BCUT2D eigenvalue weighted by molar-refractivity contribution is 0.0886. The van der Waals surface area contributed by atoms with Gasteiger partial charge in [-0.15, -0.1) is 0 Å². The molecule has 2 aliphatic rings. The van der Waals surface area contributed by atoms with Gasteiger partial charge in [0.05, 0.1) is 0 Å². The van der Waals surface area contributed by atoms with Gasteiger partial charge in [0.25, 0.3) is 0 Å². The van der Waals surface area contributed by atoms with Crippen molar-refractivity contribution in [2.45, 2.75) is 31.8 Å². The molecule has 2 heteroatoms. The highest BCUT2D eigenvalue weighted by Gasteiger charge is 2.39. The molecule has 2 heterocycles. The second-order valence-electron chi connectivity index (χ2n) is 8.09. The van der Waals surface area contributed by atoms with E-state index in [1.165, 1.54) is 28.0 Å². The van der Waals surface area contributed by atoms with Crippen LogP contribution in [0.4, 0.5) is 5.69 Å². The zero-order chi connectivity index (χ0) is 19.7. The van der Waals surface area contributed by atoms with Crippen LogP contribution in [0.25, 0.3) is 5.57 Å². The number of para-hydroxylation sites is 2. The monoisotopic (exact) mass is 381 g/mol. The van der Waals surface area contributed by atoms with E-state index < -0.39 is 0 Å². The van der Waals surface area contributed by atoms with E-state index in [1.54, 1.807) is 0 Å². The fraction of sp³-hybridized carbons (Fsp3) is 0.259. The molecule has 1 fully saturated rings. The summed E-state index contributed by atoms with van der Waals surface area (Å²) < 4.78 is 6.64. The van der Waals surface area contributed by atoms with Gasteiger partial charge in [-0.2, -0.15) is 0 Å². The summed E-state index contributed by atoms with van der Waals surface area (Å²) in [7, 11) is 0. The number of fused-ring (bicyclic) bond motifs is 1. The van der Waals surface area contributed by atoms with Crippen molar-refractivity contribution in [1.82, 2.24) is 0 Å². The third-order valence-corrected chi connectivity index (χ3v) is 6.30. The molecule has 3 aromatic carbocycles. The van der Waals surface area contributed by atoms with Gasteiger partial charge in [-0.1, -0.05) is 67.6 Å². The van der Waals surface area contributed by atoms with Crippen LogP contribution in [-0.4, -0.2) is 18.7 Å². The van der Waals surface area contributed by atoms with E-state index in [2.05, 4.69) is 96.8 Å². The molecule has 0 aliphatic carbocycles. The minimum absolute atomic E-state index is 0.224. The predicted molar refractivity (Wildman–Crippen MR) is 121 cm³/mol. The van der Waals surface area contributed by atoms with E-state index in [0.29, 0.717) is 0 Å². The minimum atomic E-state index is -0.224. The molecule has 5 rings (SSSR count). The Morgan fingerprint density at radius 1 is 0.828 bits per heavy atom. The van der Waals surface area contributed by atoms with Crippen molar-refractivity contribution in [3.05, 3.63) is 102 Å². The topological polar surface area (TPSA) is 12.5 Å².